The number of halogens is 1. The first-order chi connectivity index (χ1) is 3.77. The molecule has 3 nitrogen and oxygen atoms in total. The van der Waals surface area contributed by atoms with Gasteiger partial charge in [0.1, 0.15) is 0 Å². The quantitative estimate of drug-likeness (QED) is 0.592. The van der Waals surface area contributed by atoms with E-state index in [0.717, 1.165) is 0 Å². The van der Waals surface area contributed by atoms with Crippen LogP contribution in [0.2, 0.25) is 0 Å². The molecule has 0 atom stereocenters. The molecule has 56 valence electrons. The van der Waals surface area contributed by atoms with Crippen LogP contribution in [0.25, 0.3) is 0 Å². The van der Waals surface area contributed by atoms with Gasteiger partial charge in [-0.25, -0.2) is 0 Å². The van der Waals surface area contributed by atoms with E-state index in [2.05, 4.69) is 0 Å². The van der Waals surface area contributed by atoms with Gasteiger partial charge in [0.25, 0.3) is 0 Å². The minimum absolute atomic E-state index is 0. The molecule has 0 radical (unpaired) electrons. The zero-order valence-corrected chi connectivity index (χ0v) is 6.24. The summed E-state index contributed by atoms with van der Waals surface area (Å²) in [6.45, 7) is 2.97. The van der Waals surface area contributed by atoms with Crippen LogP contribution in [-0.2, 0) is 9.53 Å². The lowest BCUT2D eigenvalue weighted by atomic mass is 10.4. The fourth-order valence-corrected chi connectivity index (χ4v) is 0.317. The zero-order valence-electron chi connectivity index (χ0n) is 5.42. The van der Waals surface area contributed by atoms with E-state index in [4.69, 9.17) is 10.5 Å². The Hall–Kier alpha value is -0.280. The van der Waals surface area contributed by atoms with Crippen molar-refractivity contribution in [3.05, 3.63) is 0 Å². The molecular weight excluding hydrogens is 142 g/mol. The molecule has 0 saturated heterocycles. The molecule has 2 N–H and O–H groups in total. The third-order valence-electron chi connectivity index (χ3n) is 0.697. The lowest BCUT2D eigenvalue weighted by Gasteiger charge is -1.94. The van der Waals surface area contributed by atoms with Gasteiger partial charge in [0.15, 0.2) is 0 Å². The Balaban J connectivity index is 0. The smallest absolute Gasteiger partial charge is 0.219 e. The van der Waals surface area contributed by atoms with Crippen LogP contribution >= 0.6 is 12.4 Å². The van der Waals surface area contributed by atoms with Crippen LogP contribution in [0.15, 0.2) is 0 Å². The Morgan fingerprint density at radius 3 is 2.56 bits per heavy atom. The number of hydrogen-bond donors (Lipinski definition) is 1. The Morgan fingerprint density at radius 2 is 2.22 bits per heavy atom. The fraction of sp³-hybridized carbons (Fsp3) is 0.800. The van der Waals surface area contributed by atoms with Crippen molar-refractivity contribution < 1.29 is 9.53 Å². The van der Waals surface area contributed by atoms with Gasteiger partial charge < -0.3 is 10.5 Å². The summed E-state index contributed by atoms with van der Waals surface area (Å²) in [5.41, 5.74) is 4.81. The van der Waals surface area contributed by atoms with Gasteiger partial charge in [-0.2, -0.15) is 0 Å². The van der Waals surface area contributed by atoms with Gasteiger partial charge in [0.2, 0.25) is 5.91 Å². The molecule has 0 fully saturated rings. The van der Waals surface area contributed by atoms with Crippen LogP contribution in [0.4, 0.5) is 0 Å². The number of ether oxygens (including phenoxy) is 1. The van der Waals surface area contributed by atoms with E-state index >= 15 is 0 Å². The molecule has 0 unspecified atom stereocenters. The van der Waals surface area contributed by atoms with Gasteiger partial charge in [0.05, 0.1) is 6.61 Å². The molecule has 0 rings (SSSR count). The van der Waals surface area contributed by atoms with Gasteiger partial charge in [-0.1, -0.05) is 0 Å². The van der Waals surface area contributed by atoms with Crippen molar-refractivity contribution in [1.29, 1.82) is 0 Å². The summed E-state index contributed by atoms with van der Waals surface area (Å²) in [5, 5.41) is 0. The highest BCUT2D eigenvalue weighted by molar-refractivity contribution is 5.85. The molecule has 0 bridgehead atoms. The number of nitrogens with two attached hydrogens (primary N) is 1. The third-order valence-corrected chi connectivity index (χ3v) is 0.697. The van der Waals surface area contributed by atoms with Crippen molar-refractivity contribution in [2.24, 2.45) is 5.73 Å². The second kappa shape index (κ2) is 7.72. The summed E-state index contributed by atoms with van der Waals surface area (Å²) in [6, 6.07) is 0. The molecule has 4 heteroatoms. The molecular formula is C5H12ClNO2. The van der Waals surface area contributed by atoms with E-state index in [0.29, 0.717) is 19.6 Å². The number of amides is 1. The van der Waals surface area contributed by atoms with Crippen LogP contribution < -0.4 is 5.73 Å². The van der Waals surface area contributed by atoms with E-state index in [1.54, 1.807) is 0 Å². The van der Waals surface area contributed by atoms with Crippen LogP contribution in [-0.4, -0.2) is 19.1 Å². The molecule has 0 aliphatic heterocycles. The van der Waals surface area contributed by atoms with E-state index < -0.39 is 0 Å². The van der Waals surface area contributed by atoms with Crippen molar-refractivity contribution in [2.45, 2.75) is 13.3 Å². The first-order valence-electron chi connectivity index (χ1n) is 2.63. The number of carbonyl (C=O) groups excluding carboxylic acids is 1. The molecule has 0 aromatic rings. The van der Waals surface area contributed by atoms with E-state index in [1.807, 2.05) is 6.92 Å². The largest absolute Gasteiger partial charge is 0.381 e. The average Bonchev–Trinajstić information content (AvgIpc) is 1.66. The SMILES string of the molecule is CCOCCC(N)=O.Cl. The Kier molecular flexibility index (Phi) is 9.87. The summed E-state index contributed by atoms with van der Waals surface area (Å²) >= 11 is 0. The minimum Gasteiger partial charge on any atom is -0.381 e. The van der Waals surface area contributed by atoms with Gasteiger partial charge >= 0.3 is 0 Å². The van der Waals surface area contributed by atoms with Gasteiger partial charge in [-0.15, -0.1) is 12.4 Å². The normalized spacial score (nSPS) is 8.11. The maximum absolute atomic E-state index is 10.0. The number of carbonyl (C=O) groups is 1. The molecule has 0 aliphatic rings. The predicted octanol–water partition coefficient (Wildman–Crippen LogP) is 0.320. The highest BCUT2D eigenvalue weighted by atomic mass is 35.5. The summed E-state index contributed by atoms with van der Waals surface area (Å²) < 4.78 is 4.84. The molecule has 0 aliphatic carbocycles. The van der Waals surface area contributed by atoms with E-state index in [9.17, 15) is 4.79 Å². The first-order valence-corrected chi connectivity index (χ1v) is 2.63. The molecule has 1 amide bonds. The standard InChI is InChI=1S/C5H11NO2.ClH/c1-2-8-4-3-5(6)7;/h2-4H2,1H3,(H2,6,7);1H. The lowest BCUT2D eigenvalue weighted by Crippen LogP contribution is -2.13. The van der Waals surface area contributed by atoms with Crippen molar-refractivity contribution in [3.63, 3.8) is 0 Å². The van der Waals surface area contributed by atoms with Gasteiger partial charge in [-0.05, 0) is 6.92 Å². The van der Waals surface area contributed by atoms with Gasteiger partial charge in [0, 0.05) is 13.0 Å². The summed E-state index contributed by atoms with van der Waals surface area (Å²) in [5.74, 6) is -0.307. The predicted molar refractivity (Wildman–Crippen MR) is 37.6 cm³/mol. The Morgan fingerprint density at radius 1 is 1.67 bits per heavy atom. The highest BCUT2D eigenvalue weighted by Crippen LogP contribution is 1.78. The molecule has 9 heavy (non-hydrogen) atoms. The second-order valence-electron chi connectivity index (χ2n) is 1.41. The van der Waals surface area contributed by atoms with Crippen LogP contribution in [0, 0.1) is 0 Å². The van der Waals surface area contributed by atoms with Gasteiger partial charge in [-0.3, -0.25) is 4.79 Å². The summed E-state index contributed by atoms with van der Waals surface area (Å²) in [6.07, 6.45) is 0.327. The molecule has 0 saturated carbocycles. The maximum atomic E-state index is 10.0. The molecule has 0 aromatic carbocycles. The Labute approximate surface area is 61.0 Å². The van der Waals surface area contributed by atoms with Crippen molar-refractivity contribution >= 4 is 18.3 Å². The van der Waals surface area contributed by atoms with Crippen molar-refractivity contribution in [3.8, 4) is 0 Å². The minimum atomic E-state index is -0.307. The van der Waals surface area contributed by atoms with Crippen LogP contribution in [0.1, 0.15) is 13.3 Å². The highest BCUT2D eigenvalue weighted by Gasteiger charge is 1.90. The third kappa shape index (κ3) is 11.3. The topological polar surface area (TPSA) is 52.3 Å². The zero-order chi connectivity index (χ0) is 6.41. The molecule has 0 heterocycles. The van der Waals surface area contributed by atoms with E-state index in [-0.39, 0.29) is 18.3 Å². The van der Waals surface area contributed by atoms with E-state index in [1.165, 1.54) is 0 Å². The second-order valence-corrected chi connectivity index (χ2v) is 1.41. The summed E-state index contributed by atoms with van der Waals surface area (Å²) in [7, 11) is 0. The number of hydrogen-bond acceptors (Lipinski definition) is 2. The monoisotopic (exact) mass is 153 g/mol. The van der Waals surface area contributed by atoms with Crippen LogP contribution in [0.5, 0.6) is 0 Å². The average molecular weight is 154 g/mol. The number of rotatable bonds is 4. The fourth-order valence-electron chi connectivity index (χ4n) is 0.317. The molecule has 0 aromatic heterocycles. The van der Waals surface area contributed by atoms with Crippen LogP contribution in [0.3, 0.4) is 0 Å². The molecule has 0 spiro atoms. The Bertz CT molecular complexity index is 77.4. The number of primary amides is 1. The lowest BCUT2D eigenvalue weighted by molar-refractivity contribution is -0.119. The first kappa shape index (κ1) is 11.5. The van der Waals surface area contributed by atoms with Crippen molar-refractivity contribution in [2.75, 3.05) is 13.2 Å². The maximum Gasteiger partial charge on any atom is 0.219 e. The van der Waals surface area contributed by atoms with Crippen molar-refractivity contribution in [1.82, 2.24) is 0 Å². The summed E-state index contributed by atoms with van der Waals surface area (Å²) in [4.78, 5) is 10.0.